The molecule has 2 rings (SSSR count). The van der Waals surface area contributed by atoms with Crippen molar-refractivity contribution >= 4 is 5.91 Å². The molecule has 15 heavy (non-hydrogen) atoms. The van der Waals surface area contributed by atoms with E-state index in [-0.39, 0.29) is 17.6 Å². The van der Waals surface area contributed by atoms with Crippen LogP contribution in [0.1, 0.15) is 18.4 Å². The van der Waals surface area contributed by atoms with Crippen molar-refractivity contribution in [2.45, 2.75) is 19.3 Å². The number of hydrogen-bond donors (Lipinski definition) is 1. The Morgan fingerprint density at radius 1 is 1.47 bits per heavy atom. The molecule has 1 saturated heterocycles. The van der Waals surface area contributed by atoms with Crippen LogP contribution in [0, 0.1) is 11.7 Å². The summed E-state index contributed by atoms with van der Waals surface area (Å²) in [5, 5.41) is 2.83. The summed E-state index contributed by atoms with van der Waals surface area (Å²) in [5.74, 6) is -0.116. The third kappa shape index (κ3) is 2.55. The monoisotopic (exact) mass is 207 g/mol. The Balaban J connectivity index is 2.04. The zero-order chi connectivity index (χ0) is 10.7. The highest BCUT2D eigenvalue weighted by atomic mass is 19.1. The summed E-state index contributed by atoms with van der Waals surface area (Å²) in [7, 11) is 0. The highest BCUT2D eigenvalue weighted by Crippen LogP contribution is 2.17. The van der Waals surface area contributed by atoms with E-state index < -0.39 is 0 Å². The summed E-state index contributed by atoms with van der Waals surface area (Å²) in [5.41, 5.74) is 0.900. The molecule has 0 radical (unpaired) electrons. The van der Waals surface area contributed by atoms with E-state index in [4.69, 9.17) is 0 Å². The summed E-state index contributed by atoms with van der Waals surface area (Å²) < 4.78 is 12.9. The lowest BCUT2D eigenvalue weighted by Gasteiger charge is -2.21. The Kier molecular flexibility index (Phi) is 2.99. The number of amides is 1. The summed E-state index contributed by atoms with van der Waals surface area (Å²) in [6.45, 7) is 0.776. The van der Waals surface area contributed by atoms with Gasteiger partial charge in [-0.15, -0.1) is 0 Å². The number of benzene rings is 1. The molecule has 1 fully saturated rings. The van der Waals surface area contributed by atoms with Crippen LogP contribution in [0.5, 0.6) is 0 Å². The number of piperidine rings is 1. The molecule has 2 nitrogen and oxygen atoms in total. The quantitative estimate of drug-likeness (QED) is 0.788. The van der Waals surface area contributed by atoms with Crippen LogP contribution in [0.25, 0.3) is 0 Å². The largest absolute Gasteiger partial charge is 0.356 e. The summed E-state index contributed by atoms with van der Waals surface area (Å²) in [6.07, 6.45) is 2.57. The first kappa shape index (κ1) is 10.1. The van der Waals surface area contributed by atoms with Crippen molar-refractivity contribution in [1.29, 1.82) is 0 Å². The molecule has 1 amide bonds. The van der Waals surface area contributed by atoms with E-state index in [0.29, 0.717) is 6.42 Å². The van der Waals surface area contributed by atoms with E-state index in [1.54, 1.807) is 6.07 Å². The lowest BCUT2D eigenvalue weighted by atomic mass is 9.91. The zero-order valence-corrected chi connectivity index (χ0v) is 8.50. The molecule has 1 aromatic rings. The molecule has 1 atom stereocenters. The van der Waals surface area contributed by atoms with E-state index in [1.165, 1.54) is 12.1 Å². The van der Waals surface area contributed by atoms with Crippen LogP contribution in [0.3, 0.4) is 0 Å². The molecule has 80 valence electrons. The van der Waals surface area contributed by atoms with Gasteiger partial charge in [0.1, 0.15) is 5.82 Å². The van der Waals surface area contributed by atoms with Gasteiger partial charge in [-0.2, -0.15) is 0 Å². The van der Waals surface area contributed by atoms with Gasteiger partial charge in [0.2, 0.25) is 5.91 Å². The minimum atomic E-state index is -0.233. The third-order valence-corrected chi connectivity index (χ3v) is 2.77. The van der Waals surface area contributed by atoms with Gasteiger partial charge < -0.3 is 5.32 Å². The fourth-order valence-corrected chi connectivity index (χ4v) is 1.98. The summed E-state index contributed by atoms with van der Waals surface area (Å²) >= 11 is 0. The minimum Gasteiger partial charge on any atom is -0.356 e. The number of rotatable bonds is 2. The SMILES string of the molecule is O=C1NCCC[C@H]1Cc1cccc(F)c1. The molecule has 0 saturated carbocycles. The van der Waals surface area contributed by atoms with Crippen LogP contribution >= 0.6 is 0 Å². The topological polar surface area (TPSA) is 29.1 Å². The minimum absolute atomic E-state index is 0.0144. The Hall–Kier alpha value is -1.38. The number of nitrogens with one attached hydrogen (secondary N) is 1. The van der Waals surface area contributed by atoms with Gasteiger partial charge in [0.15, 0.2) is 0 Å². The maximum Gasteiger partial charge on any atom is 0.223 e. The van der Waals surface area contributed by atoms with Crippen LogP contribution in [-0.2, 0) is 11.2 Å². The number of hydrogen-bond acceptors (Lipinski definition) is 1. The van der Waals surface area contributed by atoms with Crippen LogP contribution < -0.4 is 5.32 Å². The van der Waals surface area contributed by atoms with E-state index in [2.05, 4.69) is 5.32 Å². The fourth-order valence-electron chi connectivity index (χ4n) is 1.98. The molecular weight excluding hydrogens is 193 g/mol. The maximum atomic E-state index is 12.9. The highest BCUT2D eigenvalue weighted by Gasteiger charge is 2.21. The molecule has 0 aliphatic carbocycles. The van der Waals surface area contributed by atoms with Gasteiger partial charge in [0.25, 0.3) is 0 Å². The maximum absolute atomic E-state index is 12.9. The predicted octanol–water partition coefficient (Wildman–Crippen LogP) is 1.89. The van der Waals surface area contributed by atoms with E-state index in [9.17, 15) is 9.18 Å². The number of carbonyl (C=O) groups is 1. The first-order chi connectivity index (χ1) is 7.25. The van der Waals surface area contributed by atoms with Crippen molar-refractivity contribution in [2.75, 3.05) is 6.54 Å². The predicted molar refractivity (Wildman–Crippen MR) is 55.8 cm³/mol. The van der Waals surface area contributed by atoms with Gasteiger partial charge in [-0.1, -0.05) is 12.1 Å². The molecular formula is C12H14FNO. The Morgan fingerprint density at radius 2 is 2.33 bits per heavy atom. The first-order valence-corrected chi connectivity index (χ1v) is 5.28. The highest BCUT2D eigenvalue weighted by molar-refractivity contribution is 5.79. The third-order valence-electron chi connectivity index (χ3n) is 2.77. The molecule has 3 heteroatoms. The molecule has 1 heterocycles. The van der Waals surface area contributed by atoms with Gasteiger partial charge in [-0.05, 0) is 37.0 Å². The molecule has 1 aliphatic heterocycles. The van der Waals surface area contributed by atoms with Crippen LogP contribution in [0.4, 0.5) is 4.39 Å². The van der Waals surface area contributed by atoms with E-state index in [1.807, 2.05) is 6.07 Å². The van der Waals surface area contributed by atoms with Crippen molar-refractivity contribution < 1.29 is 9.18 Å². The summed E-state index contributed by atoms with van der Waals surface area (Å²) in [6, 6.07) is 6.47. The smallest absolute Gasteiger partial charge is 0.223 e. The molecule has 1 aliphatic rings. The van der Waals surface area contributed by atoms with E-state index in [0.717, 1.165) is 24.9 Å². The molecule has 0 bridgehead atoms. The lowest BCUT2D eigenvalue weighted by molar-refractivity contribution is -0.126. The number of carbonyl (C=O) groups excluding carboxylic acids is 1. The standard InChI is InChI=1S/C12H14FNO/c13-11-5-1-3-9(8-11)7-10-4-2-6-14-12(10)15/h1,3,5,8,10H,2,4,6-7H2,(H,14,15)/t10-/m0/s1. The van der Waals surface area contributed by atoms with E-state index >= 15 is 0 Å². The average molecular weight is 207 g/mol. The molecule has 0 unspecified atom stereocenters. The second-order valence-corrected chi connectivity index (χ2v) is 3.96. The zero-order valence-electron chi connectivity index (χ0n) is 8.50. The van der Waals surface area contributed by atoms with Crippen molar-refractivity contribution in [2.24, 2.45) is 5.92 Å². The van der Waals surface area contributed by atoms with Crippen LogP contribution in [0.15, 0.2) is 24.3 Å². The second kappa shape index (κ2) is 4.43. The van der Waals surface area contributed by atoms with Gasteiger partial charge in [-0.3, -0.25) is 4.79 Å². The Bertz CT molecular complexity index is 364. The van der Waals surface area contributed by atoms with Crippen LogP contribution in [0.2, 0.25) is 0 Å². The van der Waals surface area contributed by atoms with Crippen molar-refractivity contribution in [3.8, 4) is 0 Å². The molecule has 0 spiro atoms. The summed E-state index contributed by atoms with van der Waals surface area (Å²) in [4.78, 5) is 11.5. The fraction of sp³-hybridized carbons (Fsp3) is 0.417. The second-order valence-electron chi connectivity index (χ2n) is 3.96. The molecule has 0 aromatic heterocycles. The van der Waals surface area contributed by atoms with Crippen molar-refractivity contribution in [1.82, 2.24) is 5.32 Å². The van der Waals surface area contributed by atoms with Gasteiger partial charge in [0.05, 0.1) is 0 Å². The van der Waals surface area contributed by atoms with Crippen molar-refractivity contribution in [3.05, 3.63) is 35.6 Å². The normalized spacial score (nSPS) is 21.1. The van der Waals surface area contributed by atoms with Gasteiger partial charge >= 0.3 is 0 Å². The lowest BCUT2D eigenvalue weighted by Crippen LogP contribution is -2.37. The van der Waals surface area contributed by atoms with Gasteiger partial charge in [0, 0.05) is 12.5 Å². The Morgan fingerprint density at radius 3 is 3.07 bits per heavy atom. The van der Waals surface area contributed by atoms with Crippen LogP contribution in [-0.4, -0.2) is 12.5 Å². The molecule has 1 aromatic carbocycles. The van der Waals surface area contributed by atoms with Gasteiger partial charge in [-0.25, -0.2) is 4.39 Å². The first-order valence-electron chi connectivity index (χ1n) is 5.28. The van der Waals surface area contributed by atoms with Crippen molar-refractivity contribution in [3.63, 3.8) is 0 Å². The Labute approximate surface area is 88.5 Å². The molecule has 1 N–H and O–H groups in total. The number of halogens is 1. The average Bonchev–Trinajstić information content (AvgIpc) is 2.22.